The van der Waals surface area contributed by atoms with Crippen LogP contribution in [0, 0.1) is 0 Å². The minimum Gasteiger partial charge on any atom is -0.391 e. The van der Waals surface area contributed by atoms with E-state index in [1.807, 2.05) is 78.9 Å². The second kappa shape index (κ2) is 9.03. The van der Waals surface area contributed by atoms with Crippen LogP contribution in [0.4, 0.5) is 0 Å². The van der Waals surface area contributed by atoms with Gasteiger partial charge >= 0.3 is 0 Å². The molecule has 1 atom stereocenters. The first-order valence-corrected chi connectivity index (χ1v) is 9.82. The Bertz CT molecular complexity index is 1080. The fourth-order valence-corrected chi connectivity index (χ4v) is 3.23. The van der Waals surface area contributed by atoms with Gasteiger partial charge in [0.05, 0.1) is 11.9 Å². The van der Waals surface area contributed by atoms with Crippen LogP contribution >= 0.6 is 23.2 Å². The smallest absolute Gasteiger partial charge is 0.166 e. The van der Waals surface area contributed by atoms with Crippen LogP contribution in [0.3, 0.4) is 0 Å². The van der Waals surface area contributed by atoms with E-state index in [1.165, 1.54) is 0 Å². The normalized spacial score (nSPS) is 16.0. The van der Waals surface area contributed by atoms with Gasteiger partial charge in [-0.05, 0) is 23.8 Å². The summed E-state index contributed by atoms with van der Waals surface area (Å²) in [4.78, 5) is 15.0. The van der Waals surface area contributed by atoms with Crippen molar-refractivity contribution in [2.24, 2.45) is 15.1 Å². The molecule has 0 amide bonds. The lowest BCUT2D eigenvalue weighted by Gasteiger charge is -2.03. The molecule has 0 saturated heterocycles. The third-order valence-electron chi connectivity index (χ3n) is 4.40. The van der Waals surface area contributed by atoms with Crippen LogP contribution < -0.4 is 0 Å². The summed E-state index contributed by atoms with van der Waals surface area (Å²) < 4.78 is 0. The topological polar surface area (TPSA) is 46.3 Å². The Hall–Kier alpha value is -2.95. The van der Waals surface area contributed by atoms with E-state index in [0.717, 1.165) is 22.4 Å². The van der Waals surface area contributed by atoms with Gasteiger partial charge in [0.2, 0.25) is 0 Å². The van der Waals surface area contributed by atoms with Crippen LogP contribution in [-0.2, 0) is 11.4 Å². The third-order valence-corrected chi connectivity index (χ3v) is 5.02. The highest BCUT2D eigenvalue weighted by atomic mass is 35.5. The number of rotatable bonds is 6. The highest BCUT2D eigenvalue weighted by Gasteiger charge is 2.22. The van der Waals surface area contributed by atoms with E-state index in [9.17, 15) is 0 Å². The van der Waals surface area contributed by atoms with Crippen LogP contribution in [-0.4, -0.2) is 17.6 Å². The van der Waals surface area contributed by atoms with Crippen LogP contribution in [0.5, 0.6) is 0 Å². The number of hydrogen-bond acceptors (Lipinski definition) is 4. The summed E-state index contributed by atoms with van der Waals surface area (Å²) in [6, 6.07) is 24.9. The molecule has 6 heteroatoms. The highest BCUT2D eigenvalue weighted by Crippen LogP contribution is 2.26. The lowest BCUT2D eigenvalue weighted by Crippen LogP contribution is -2.14. The predicted octanol–water partition coefficient (Wildman–Crippen LogP) is 6.14. The third kappa shape index (κ3) is 4.73. The van der Waals surface area contributed by atoms with E-state index in [4.69, 9.17) is 38.0 Å². The molecule has 3 aromatic rings. The van der Waals surface area contributed by atoms with Gasteiger partial charge in [0.1, 0.15) is 12.3 Å². The van der Waals surface area contributed by atoms with Gasteiger partial charge in [-0.3, -0.25) is 4.99 Å². The van der Waals surface area contributed by atoms with Gasteiger partial charge in [0.25, 0.3) is 0 Å². The summed E-state index contributed by atoms with van der Waals surface area (Å²) in [6.45, 7) is 0.277. The second-order valence-electron chi connectivity index (χ2n) is 6.38. The van der Waals surface area contributed by atoms with E-state index >= 15 is 0 Å². The zero-order valence-corrected chi connectivity index (χ0v) is 16.9. The van der Waals surface area contributed by atoms with E-state index in [0.29, 0.717) is 15.8 Å². The Balaban J connectivity index is 1.56. The monoisotopic (exact) mass is 421 g/mol. The fraction of sp³-hybridized carbons (Fsp3) is 0.0870. The molecule has 144 valence electrons. The van der Waals surface area contributed by atoms with Crippen molar-refractivity contribution in [2.45, 2.75) is 12.8 Å². The van der Waals surface area contributed by atoms with Crippen molar-refractivity contribution in [3.8, 4) is 0 Å². The molecular formula is C23H17Cl2N3O. The summed E-state index contributed by atoms with van der Waals surface area (Å²) in [5.41, 5.74) is 4.21. The Morgan fingerprint density at radius 3 is 2.34 bits per heavy atom. The molecule has 1 aliphatic rings. The van der Waals surface area contributed by atoms with Gasteiger partial charge in [-0.2, -0.15) is 0 Å². The van der Waals surface area contributed by atoms with Gasteiger partial charge in [0.15, 0.2) is 6.17 Å². The first-order valence-electron chi connectivity index (χ1n) is 9.06. The first kappa shape index (κ1) is 19.4. The van der Waals surface area contributed by atoms with Crippen molar-refractivity contribution >= 4 is 40.8 Å². The molecule has 4 nitrogen and oxygen atoms in total. The SMILES string of the molecule is Clc1ccc(C2=NC(c3ccccc3)N=C2/C=N/OCc2ccccc2Cl)cc1. The number of nitrogens with zero attached hydrogens (tertiary/aromatic N) is 3. The second-order valence-corrected chi connectivity index (χ2v) is 7.23. The van der Waals surface area contributed by atoms with Crippen molar-refractivity contribution in [2.75, 3.05) is 0 Å². The van der Waals surface area contributed by atoms with Crippen LogP contribution in [0.2, 0.25) is 10.0 Å². The largest absolute Gasteiger partial charge is 0.391 e. The van der Waals surface area contributed by atoms with Crippen molar-refractivity contribution in [3.63, 3.8) is 0 Å². The standard InChI is InChI=1S/C23H17Cl2N3O/c24-19-12-10-16(11-13-19)22-21(27-23(28-22)17-6-2-1-3-7-17)14-26-29-15-18-8-4-5-9-20(18)25/h1-14,23H,15H2/b26-14+. The van der Waals surface area contributed by atoms with Crippen molar-refractivity contribution in [1.29, 1.82) is 0 Å². The number of oxime groups is 1. The lowest BCUT2D eigenvalue weighted by molar-refractivity contribution is 0.132. The molecule has 1 unspecified atom stereocenters. The predicted molar refractivity (Wildman–Crippen MR) is 119 cm³/mol. The zero-order valence-electron chi connectivity index (χ0n) is 15.4. The molecule has 1 heterocycles. The molecule has 0 fully saturated rings. The van der Waals surface area contributed by atoms with Crippen molar-refractivity contribution < 1.29 is 4.84 Å². The zero-order chi connectivity index (χ0) is 20.1. The summed E-state index contributed by atoms with van der Waals surface area (Å²) in [5, 5.41) is 5.41. The number of halogens is 2. The van der Waals surface area contributed by atoms with Crippen LogP contribution in [0.1, 0.15) is 22.9 Å². The molecule has 0 aromatic heterocycles. The molecule has 29 heavy (non-hydrogen) atoms. The summed E-state index contributed by atoms with van der Waals surface area (Å²) in [7, 11) is 0. The molecule has 0 saturated carbocycles. The van der Waals surface area contributed by atoms with Crippen LogP contribution in [0.15, 0.2) is 94.0 Å². The Kier molecular flexibility index (Phi) is 6.03. The summed E-state index contributed by atoms with van der Waals surface area (Å²) >= 11 is 12.2. The highest BCUT2D eigenvalue weighted by molar-refractivity contribution is 6.67. The number of benzene rings is 3. The lowest BCUT2D eigenvalue weighted by atomic mass is 10.1. The molecule has 3 aromatic carbocycles. The van der Waals surface area contributed by atoms with Crippen LogP contribution in [0.25, 0.3) is 0 Å². The maximum Gasteiger partial charge on any atom is 0.166 e. The number of aliphatic imine (C=N–C) groups is 2. The van der Waals surface area contributed by atoms with Gasteiger partial charge in [-0.1, -0.05) is 89.0 Å². The maximum absolute atomic E-state index is 6.15. The molecule has 1 aliphatic heterocycles. The average molecular weight is 422 g/mol. The van der Waals surface area contributed by atoms with E-state index < -0.39 is 0 Å². The minimum atomic E-state index is -0.313. The Morgan fingerprint density at radius 1 is 0.862 bits per heavy atom. The maximum atomic E-state index is 6.15. The molecule has 4 rings (SSSR count). The molecule has 0 radical (unpaired) electrons. The summed E-state index contributed by atoms with van der Waals surface area (Å²) in [6.07, 6.45) is 1.28. The number of hydrogen-bond donors (Lipinski definition) is 0. The quantitative estimate of drug-likeness (QED) is 0.348. The minimum absolute atomic E-state index is 0.277. The average Bonchev–Trinajstić information content (AvgIpc) is 3.18. The summed E-state index contributed by atoms with van der Waals surface area (Å²) in [5.74, 6) is 0. The van der Waals surface area contributed by atoms with Gasteiger partial charge in [-0.25, -0.2) is 4.99 Å². The van der Waals surface area contributed by atoms with Gasteiger partial charge in [0, 0.05) is 21.2 Å². The molecule has 0 N–H and O–H groups in total. The fourth-order valence-electron chi connectivity index (χ4n) is 2.92. The molecule has 0 spiro atoms. The molecule has 0 bridgehead atoms. The van der Waals surface area contributed by atoms with Crippen molar-refractivity contribution in [1.82, 2.24) is 0 Å². The van der Waals surface area contributed by atoms with E-state index in [-0.39, 0.29) is 12.8 Å². The first-order chi connectivity index (χ1) is 14.2. The van der Waals surface area contributed by atoms with E-state index in [1.54, 1.807) is 6.21 Å². The van der Waals surface area contributed by atoms with Gasteiger partial charge in [-0.15, -0.1) is 0 Å². The molecular weight excluding hydrogens is 405 g/mol. The van der Waals surface area contributed by atoms with Gasteiger partial charge < -0.3 is 4.84 Å². The Morgan fingerprint density at radius 2 is 1.59 bits per heavy atom. The molecule has 0 aliphatic carbocycles. The Labute approximate surface area is 179 Å². The van der Waals surface area contributed by atoms with Crippen molar-refractivity contribution in [3.05, 3.63) is 106 Å². The van der Waals surface area contributed by atoms with E-state index in [2.05, 4.69) is 5.16 Å².